The van der Waals surface area contributed by atoms with E-state index in [2.05, 4.69) is 20.8 Å². The zero-order valence-electron chi connectivity index (χ0n) is 9.75. The molecule has 2 N–H and O–H groups in total. The minimum absolute atomic E-state index is 0.114. The normalized spacial score (nSPS) is 16.4. The SMILES string of the molecule is CCOC(C)(C)CC(C)CC(N)C=O. The average molecular weight is 201 g/mol. The summed E-state index contributed by atoms with van der Waals surface area (Å²) in [6, 6.07) is -0.331. The lowest BCUT2D eigenvalue weighted by atomic mass is 9.90. The van der Waals surface area contributed by atoms with Crippen molar-refractivity contribution in [2.24, 2.45) is 11.7 Å². The third kappa shape index (κ3) is 6.11. The molecule has 0 amide bonds. The van der Waals surface area contributed by atoms with E-state index < -0.39 is 0 Å². The molecule has 0 heterocycles. The van der Waals surface area contributed by atoms with Crippen molar-refractivity contribution in [1.29, 1.82) is 0 Å². The van der Waals surface area contributed by atoms with E-state index >= 15 is 0 Å². The van der Waals surface area contributed by atoms with Crippen LogP contribution >= 0.6 is 0 Å². The summed E-state index contributed by atoms with van der Waals surface area (Å²) in [5, 5.41) is 0. The van der Waals surface area contributed by atoms with Gasteiger partial charge in [0.2, 0.25) is 0 Å². The van der Waals surface area contributed by atoms with Gasteiger partial charge in [-0.25, -0.2) is 0 Å². The lowest BCUT2D eigenvalue weighted by Gasteiger charge is -2.28. The fraction of sp³-hybridized carbons (Fsp3) is 0.909. The van der Waals surface area contributed by atoms with E-state index in [4.69, 9.17) is 10.5 Å². The largest absolute Gasteiger partial charge is 0.376 e. The molecular formula is C11H23NO2. The summed E-state index contributed by atoms with van der Waals surface area (Å²) in [6.07, 6.45) is 2.48. The first-order valence-electron chi connectivity index (χ1n) is 5.26. The topological polar surface area (TPSA) is 52.3 Å². The van der Waals surface area contributed by atoms with E-state index in [0.717, 1.165) is 25.7 Å². The Morgan fingerprint density at radius 1 is 1.50 bits per heavy atom. The maximum Gasteiger partial charge on any atom is 0.136 e. The smallest absolute Gasteiger partial charge is 0.136 e. The van der Waals surface area contributed by atoms with Gasteiger partial charge in [-0.2, -0.15) is 0 Å². The number of rotatable bonds is 7. The standard InChI is InChI=1S/C11H23NO2/c1-5-14-11(3,4)7-9(2)6-10(12)8-13/h8-10H,5-7,12H2,1-4H3. The second kappa shape index (κ2) is 6.14. The monoisotopic (exact) mass is 201 g/mol. The molecule has 0 radical (unpaired) electrons. The maximum absolute atomic E-state index is 10.4. The average Bonchev–Trinajstić information content (AvgIpc) is 2.02. The number of aldehydes is 1. The number of carbonyl (C=O) groups is 1. The van der Waals surface area contributed by atoms with Crippen LogP contribution in [0.3, 0.4) is 0 Å². The Balaban J connectivity index is 3.91. The van der Waals surface area contributed by atoms with Crippen LogP contribution in [0, 0.1) is 5.92 Å². The summed E-state index contributed by atoms with van der Waals surface area (Å²) in [4.78, 5) is 10.4. The molecule has 84 valence electrons. The fourth-order valence-electron chi connectivity index (χ4n) is 1.89. The molecular weight excluding hydrogens is 178 g/mol. The third-order valence-electron chi connectivity index (χ3n) is 2.22. The first-order valence-corrected chi connectivity index (χ1v) is 5.26. The predicted molar refractivity (Wildman–Crippen MR) is 58.1 cm³/mol. The number of carbonyl (C=O) groups excluding carboxylic acids is 1. The lowest BCUT2D eigenvalue weighted by Crippen LogP contribution is -2.30. The van der Waals surface area contributed by atoms with Crippen molar-refractivity contribution in [3.05, 3.63) is 0 Å². The molecule has 14 heavy (non-hydrogen) atoms. The van der Waals surface area contributed by atoms with Crippen LogP contribution in [0.4, 0.5) is 0 Å². The zero-order chi connectivity index (χ0) is 11.2. The molecule has 0 bridgehead atoms. The van der Waals surface area contributed by atoms with Gasteiger partial charge in [-0.1, -0.05) is 6.92 Å². The molecule has 2 unspecified atom stereocenters. The van der Waals surface area contributed by atoms with Gasteiger partial charge in [-0.15, -0.1) is 0 Å². The number of nitrogens with two attached hydrogens (primary N) is 1. The molecule has 0 saturated carbocycles. The van der Waals surface area contributed by atoms with Gasteiger partial charge in [0.25, 0.3) is 0 Å². The Labute approximate surface area is 87.0 Å². The van der Waals surface area contributed by atoms with Crippen LogP contribution in [-0.4, -0.2) is 24.5 Å². The van der Waals surface area contributed by atoms with Gasteiger partial charge in [-0.3, -0.25) is 0 Å². The van der Waals surface area contributed by atoms with Crippen molar-refractivity contribution < 1.29 is 9.53 Å². The molecule has 0 saturated heterocycles. The molecule has 3 heteroatoms. The van der Waals surface area contributed by atoms with Crippen molar-refractivity contribution in [3.8, 4) is 0 Å². The van der Waals surface area contributed by atoms with Crippen molar-refractivity contribution in [3.63, 3.8) is 0 Å². The van der Waals surface area contributed by atoms with Crippen LogP contribution in [0.2, 0.25) is 0 Å². The van der Waals surface area contributed by atoms with E-state index in [1.807, 2.05) is 6.92 Å². The summed E-state index contributed by atoms with van der Waals surface area (Å²) in [7, 11) is 0. The van der Waals surface area contributed by atoms with Gasteiger partial charge in [0.1, 0.15) is 6.29 Å². The Kier molecular flexibility index (Phi) is 5.96. The van der Waals surface area contributed by atoms with Crippen molar-refractivity contribution in [2.75, 3.05) is 6.61 Å². The number of hydrogen-bond acceptors (Lipinski definition) is 3. The van der Waals surface area contributed by atoms with Gasteiger partial charge in [0, 0.05) is 6.61 Å². The molecule has 0 spiro atoms. The van der Waals surface area contributed by atoms with Gasteiger partial charge in [0.05, 0.1) is 11.6 Å². The molecule has 0 aliphatic rings. The Morgan fingerprint density at radius 2 is 2.07 bits per heavy atom. The van der Waals surface area contributed by atoms with Gasteiger partial charge in [-0.05, 0) is 39.5 Å². The van der Waals surface area contributed by atoms with E-state index in [1.54, 1.807) is 0 Å². The summed E-state index contributed by atoms with van der Waals surface area (Å²) in [5.41, 5.74) is 5.44. The molecule has 0 aromatic carbocycles. The Morgan fingerprint density at radius 3 is 2.50 bits per heavy atom. The predicted octanol–water partition coefficient (Wildman–Crippen LogP) is 1.74. The van der Waals surface area contributed by atoms with Gasteiger partial charge in [0.15, 0.2) is 0 Å². The summed E-state index contributed by atoms with van der Waals surface area (Å²) < 4.78 is 5.59. The highest BCUT2D eigenvalue weighted by atomic mass is 16.5. The van der Waals surface area contributed by atoms with Crippen LogP contribution in [0.5, 0.6) is 0 Å². The van der Waals surface area contributed by atoms with Crippen molar-refractivity contribution in [1.82, 2.24) is 0 Å². The highest BCUT2D eigenvalue weighted by molar-refractivity contribution is 5.56. The van der Waals surface area contributed by atoms with Crippen LogP contribution in [0.25, 0.3) is 0 Å². The molecule has 0 aliphatic carbocycles. The van der Waals surface area contributed by atoms with E-state index in [9.17, 15) is 4.79 Å². The lowest BCUT2D eigenvalue weighted by molar-refractivity contribution is -0.109. The molecule has 2 atom stereocenters. The van der Waals surface area contributed by atoms with Crippen LogP contribution in [0.15, 0.2) is 0 Å². The van der Waals surface area contributed by atoms with Crippen molar-refractivity contribution in [2.45, 2.75) is 52.2 Å². The molecule has 0 aliphatic heterocycles. The highest BCUT2D eigenvalue weighted by Gasteiger charge is 2.22. The van der Waals surface area contributed by atoms with E-state index in [0.29, 0.717) is 5.92 Å². The first kappa shape index (κ1) is 13.6. The van der Waals surface area contributed by atoms with Crippen LogP contribution < -0.4 is 5.73 Å². The second-order valence-corrected chi connectivity index (χ2v) is 4.54. The minimum atomic E-state index is -0.331. The highest BCUT2D eigenvalue weighted by Crippen LogP contribution is 2.22. The van der Waals surface area contributed by atoms with Crippen molar-refractivity contribution >= 4 is 6.29 Å². The second-order valence-electron chi connectivity index (χ2n) is 4.54. The molecule has 0 aromatic heterocycles. The van der Waals surface area contributed by atoms with Gasteiger partial charge < -0.3 is 15.3 Å². The summed E-state index contributed by atoms with van der Waals surface area (Å²) >= 11 is 0. The third-order valence-corrected chi connectivity index (χ3v) is 2.22. The minimum Gasteiger partial charge on any atom is -0.376 e. The maximum atomic E-state index is 10.4. The Hall–Kier alpha value is -0.410. The number of hydrogen-bond donors (Lipinski definition) is 1. The quantitative estimate of drug-likeness (QED) is 0.638. The zero-order valence-corrected chi connectivity index (χ0v) is 9.75. The summed E-state index contributed by atoms with van der Waals surface area (Å²) in [5.74, 6) is 0.414. The first-order chi connectivity index (χ1) is 6.41. The molecule has 0 rings (SSSR count). The molecule has 3 nitrogen and oxygen atoms in total. The molecule has 0 fully saturated rings. The summed E-state index contributed by atoms with van der Waals surface area (Å²) in [6.45, 7) is 8.95. The van der Waals surface area contributed by atoms with Crippen LogP contribution in [0.1, 0.15) is 40.5 Å². The van der Waals surface area contributed by atoms with E-state index in [-0.39, 0.29) is 11.6 Å². The van der Waals surface area contributed by atoms with E-state index in [1.165, 1.54) is 0 Å². The fourth-order valence-corrected chi connectivity index (χ4v) is 1.89. The molecule has 0 aromatic rings. The van der Waals surface area contributed by atoms with Gasteiger partial charge >= 0.3 is 0 Å². The number of ether oxygens (including phenoxy) is 1. The Bertz CT molecular complexity index is 169. The van der Waals surface area contributed by atoms with Crippen LogP contribution in [-0.2, 0) is 9.53 Å².